The second kappa shape index (κ2) is 7.40. The molecule has 0 aromatic carbocycles. The molecule has 1 atom stereocenters. The van der Waals surface area contributed by atoms with Crippen LogP contribution in [-0.4, -0.2) is 70.8 Å². The summed E-state index contributed by atoms with van der Waals surface area (Å²) in [5.41, 5.74) is 0.147. The predicted molar refractivity (Wildman–Crippen MR) is 85.3 cm³/mol. The van der Waals surface area contributed by atoms with Crippen LogP contribution in [0.2, 0.25) is 0 Å². The Balaban J connectivity index is 1.89. The monoisotopic (exact) mass is 318 g/mol. The molecule has 2 saturated heterocycles. The summed E-state index contributed by atoms with van der Waals surface area (Å²) < 4.78 is 28.8. The number of sulfone groups is 1. The summed E-state index contributed by atoms with van der Waals surface area (Å²) in [4.78, 5) is 2.31. The average Bonchev–Trinajstić information content (AvgIpc) is 2.42. The first-order chi connectivity index (χ1) is 9.91. The number of hydrogen-bond acceptors (Lipinski definition) is 5. The zero-order chi connectivity index (χ0) is 15.3. The molecule has 0 saturated carbocycles. The highest BCUT2D eigenvalue weighted by molar-refractivity contribution is 7.91. The molecule has 6 heteroatoms. The number of nitrogens with zero attached hydrogens (tertiary/aromatic N) is 1. The Labute approximate surface area is 129 Å². The van der Waals surface area contributed by atoms with Crippen LogP contribution in [0, 0.1) is 11.3 Å². The molecule has 2 fully saturated rings. The zero-order valence-electron chi connectivity index (χ0n) is 13.4. The van der Waals surface area contributed by atoms with Crippen molar-refractivity contribution >= 4 is 9.84 Å². The Morgan fingerprint density at radius 3 is 2.57 bits per heavy atom. The van der Waals surface area contributed by atoms with E-state index in [0.29, 0.717) is 30.5 Å². The summed E-state index contributed by atoms with van der Waals surface area (Å²) in [7, 11) is -2.79. The maximum absolute atomic E-state index is 11.6. The van der Waals surface area contributed by atoms with Crippen LogP contribution in [0.25, 0.3) is 0 Å². The third-order valence-electron chi connectivity index (χ3n) is 4.45. The van der Waals surface area contributed by atoms with Gasteiger partial charge in [-0.3, -0.25) is 0 Å². The molecule has 0 amide bonds. The van der Waals surface area contributed by atoms with Crippen molar-refractivity contribution in [1.82, 2.24) is 10.2 Å². The highest BCUT2D eigenvalue weighted by Crippen LogP contribution is 2.29. The fraction of sp³-hybridized carbons (Fsp3) is 1.00. The number of ether oxygens (including phenoxy) is 1. The highest BCUT2D eigenvalue weighted by Gasteiger charge is 2.36. The van der Waals surface area contributed by atoms with E-state index in [-0.39, 0.29) is 5.41 Å². The normalized spacial score (nSPS) is 30.6. The number of hydrogen-bond donors (Lipinski definition) is 1. The molecule has 1 unspecified atom stereocenters. The van der Waals surface area contributed by atoms with Gasteiger partial charge in [0, 0.05) is 38.2 Å². The van der Waals surface area contributed by atoms with Gasteiger partial charge in [0.1, 0.15) is 0 Å². The number of rotatable bonds is 6. The van der Waals surface area contributed by atoms with Gasteiger partial charge in [0.25, 0.3) is 0 Å². The molecule has 0 bridgehead atoms. The molecule has 0 aromatic heterocycles. The summed E-state index contributed by atoms with van der Waals surface area (Å²) in [6, 6.07) is 0. The van der Waals surface area contributed by atoms with Crippen LogP contribution in [0.15, 0.2) is 0 Å². The van der Waals surface area contributed by atoms with E-state index in [4.69, 9.17) is 4.74 Å². The molecular weight excluding hydrogens is 288 g/mol. The van der Waals surface area contributed by atoms with E-state index in [1.165, 1.54) is 6.42 Å². The van der Waals surface area contributed by atoms with Gasteiger partial charge in [0.15, 0.2) is 9.84 Å². The second-order valence-corrected chi connectivity index (χ2v) is 9.41. The fourth-order valence-electron chi connectivity index (χ4n) is 3.24. The number of nitrogens with one attached hydrogen (secondary N) is 1. The molecule has 0 aliphatic carbocycles. The van der Waals surface area contributed by atoms with Crippen LogP contribution in [0.3, 0.4) is 0 Å². The molecule has 0 radical (unpaired) electrons. The van der Waals surface area contributed by atoms with Crippen molar-refractivity contribution in [3.05, 3.63) is 0 Å². The van der Waals surface area contributed by atoms with E-state index < -0.39 is 9.84 Å². The zero-order valence-corrected chi connectivity index (χ0v) is 14.3. The molecule has 5 nitrogen and oxygen atoms in total. The lowest BCUT2D eigenvalue weighted by Gasteiger charge is -2.42. The van der Waals surface area contributed by atoms with Crippen molar-refractivity contribution in [2.45, 2.75) is 26.7 Å². The van der Waals surface area contributed by atoms with Gasteiger partial charge in [0.05, 0.1) is 18.1 Å². The first kappa shape index (κ1) is 17.2. The molecule has 0 spiro atoms. The third-order valence-corrected chi connectivity index (χ3v) is 6.06. The summed E-state index contributed by atoms with van der Waals surface area (Å²) in [6.45, 7) is 10.4. The lowest BCUT2D eigenvalue weighted by Crippen LogP contribution is -2.52. The van der Waals surface area contributed by atoms with Gasteiger partial charge in [0.2, 0.25) is 0 Å². The maximum Gasteiger partial charge on any atom is 0.152 e. The van der Waals surface area contributed by atoms with Gasteiger partial charge in [-0.1, -0.05) is 13.8 Å². The average molecular weight is 318 g/mol. The largest absolute Gasteiger partial charge is 0.381 e. The Kier molecular flexibility index (Phi) is 6.05. The minimum Gasteiger partial charge on any atom is -0.381 e. The Bertz CT molecular complexity index is 403. The van der Waals surface area contributed by atoms with E-state index in [2.05, 4.69) is 24.1 Å². The van der Waals surface area contributed by atoms with Crippen molar-refractivity contribution < 1.29 is 13.2 Å². The fourth-order valence-corrected chi connectivity index (χ4v) is 4.52. The van der Waals surface area contributed by atoms with Crippen LogP contribution < -0.4 is 5.32 Å². The van der Waals surface area contributed by atoms with Crippen molar-refractivity contribution in [2.75, 3.05) is 57.4 Å². The van der Waals surface area contributed by atoms with Gasteiger partial charge >= 0.3 is 0 Å². The third kappa shape index (κ3) is 5.51. The first-order valence-electron chi connectivity index (χ1n) is 8.12. The van der Waals surface area contributed by atoms with Crippen molar-refractivity contribution in [2.24, 2.45) is 11.3 Å². The molecule has 1 N–H and O–H groups in total. The first-order valence-corrected chi connectivity index (χ1v) is 9.94. The van der Waals surface area contributed by atoms with Gasteiger partial charge < -0.3 is 15.0 Å². The summed E-state index contributed by atoms with van der Waals surface area (Å²) in [5.74, 6) is 1.26. The Morgan fingerprint density at radius 2 is 2.00 bits per heavy atom. The molecule has 2 rings (SSSR count). The lowest BCUT2D eigenvalue weighted by atomic mass is 9.81. The van der Waals surface area contributed by atoms with E-state index >= 15 is 0 Å². The molecular formula is C15H30N2O3S. The molecule has 21 heavy (non-hydrogen) atoms. The van der Waals surface area contributed by atoms with Gasteiger partial charge in [-0.2, -0.15) is 0 Å². The van der Waals surface area contributed by atoms with Crippen LogP contribution in [0.4, 0.5) is 0 Å². The van der Waals surface area contributed by atoms with E-state index in [1.807, 2.05) is 0 Å². The Morgan fingerprint density at radius 1 is 1.29 bits per heavy atom. The van der Waals surface area contributed by atoms with Crippen molar-refractivity contribution in [3.63, 3.8) is 0 Å². The second-order valence-electron chi connectivity index (χ2n) is 7.11. The summed E-state index contributed by atoms with van der Waals surface area (Å²) in [5, 5.41) is 3.58. The molecule has 2 heterocycles. The molecule has 2 aliphatic rings. The lowest BCUT2D eigenvalue weighted by molar-refractivity contribution is -0.0252. The van der Waals surface area contributed by atoms with Crippen LogP contribution in [-0.2, 0) is 14.6 Å². The van der Waals surface area contributed by atoms with Crippen molar-refractivity contribution in [3.8, 4) is 0 Å². The molecule has 2 aliphatic heterocycles. The van der Waals surface area contributed by atoms with E-state index in [9.17, 15) is 8.42 Å². The highest BCUT2D eigenvalue weighted by atomic mass is 32.2. The minimum atomic E-state index is -2.79. The van der Waals surface area contributed by atoms with Gasteiger partial charge in [-0.15, -0.1) is 0 Å². The standard InChI is InChI=1S/C15H30N2O3S/c1-14(2)10-16-11-15(4-3-7-20-13-15)12-17-5-8-21(18,19)9-6-17/h14,16H,3-13H2,1-2H3. The Hall–Kier alpha value is -0.170. The topological polar surface area (TPSA) is 58.6 Å². The van der Waals surface area contributed by atoms with Gasteiger partial charge in [-0.05, 0) is 25.3 Å². The van der Waals surface area contributed by atoms with Crippen molar-refractivity contribution in [1.29, 1.82) is 0 Å². The van der Waals surface area contributed by atoms with E-state index in [0.717, 1.165) is 39.3 Å². The summed E-state index contributed by atoms with van der Waals surface area (Å²) in [6.07, 6.45) is 2.27. The van der Waals surface area contributed by atoms with Gasteiger partial charge in [-0.25, -0.2) is 8.42 Å². The smallest absolute Gasteiger partial charge is 0.152 e. The quantitative estimate of drug-likeness (QED) is 0.783. The van der Waals surface area contributed by atoms with Crippen LogP contribution in [0.5, 0.6) is 0 Å². The summed E-state index contributed by atoms with van der Waals surface area (Å²) >= 11 is 0. The molecule has 0 aromatic rings. The van der Waals surface area contributed by atoms with Crippen LogP contribution >= 0.6 is 0 Å². The predicted octanol–water partition coefficient (Wildman–Crippen LogP) is 0.759. The van der Waals surface area contributed by atoms with Crippen LogP contribution in [0.1, 0.15) is 26.7 Å². The SMILES string of the molecule is CC(C)CNCC1(CN2CCS(=O)(=O)CC2)CCCOC1. The minimum absolute atomic E-state index is 0.147. The van der Waals surface area contributed by atoms with E-state index in [1.54, 1.807) is 0 Å². The maximum atomic E-state index is 11.6. The molecule has 124 valence electrons.